The minimum atomic E-state index is 0.507. The molecule has 0 radical (unpaired) electrons. The van der Waals surface area contributed by atoms with Gasteiger partial charge in [-0.25, -0.2) is 0 Å². The Morgan fingerprint density at radius 2 is 2.16 bits per heavy atom. The Balaban J connectivity index is 1.93. The third kappa shape index (κ3) is 2.85. The summed E-state index contributed by atoms with van der Waals surface area (Å²) in [5.74, 6) is 0.681. The van der Waals surface area contributed by atoms with Gasteiger partial charge in [0.25, 0.3) is 0 Å². The van der Waals surface area contributed by atoms with Gasteiger partial charge in [0.15, 0.2) is 0 Å². The van der Waals surface area contributed by atoms with E-state index < -0.39 is 0 Å². The lowest BCUT2D eigenvalue weighted by Gasteiger charge is -2.29. The van der Waals surface area contributed by atoms with Crippen LogP contribution < -0.4 is 5.32 Å². The number of benzene rings is 1. The summed E-state index contributed by atoms with van der Waals surface area (Å²) < 4.78 is 1.19. The summed E-state index contributed by atoms with van der Waals surface area (Å²) in [6.45, 7) is 2.30. The molecular formula is C15H20BrClN2. The van der Waals surface area contributed by atoms with Gasteiger partial charge in [0.05, 0.1) is 0 Å². The Labute approximate surface area is 128 Å². The molecule has 0 spiro atoms. The average molecular weight is 344 g/mol. The maximum atomic E-state index is 6.21. The molecule has 3 rings (SSSR count). The van der Waals surface area contributed by atoms with Crippen molar-refractivity contribution in [2.24, 2.45) is 5.92 Å². The first kappa shape index (κ1) is 13.9. The maximum absolute atomic E-state index is 6.21. The van der Waals surface area contributed by atoms with Gasteiger partial charge in [-0.15, -0.1) is 0 Å². The second kappa shape index (κ2) is 5.72. The van der Waals surface area contributed by atoms with Gasteiger partial charge < -0.3 is 5.32 Å². The topological polar surface area (TPSA) is 15.3 Å². The van der Waals surface area contributed by atoms with E-state index in [0.29, 0.717) is 12.0 Å². The second-order valence-electron chi connectivity index (χ2n) is 5.69. The quantitative estimate of drug-likeness (QED) is 0.893. The van der Waals surface area contributed by atoms with Crippen molar-refractivity contribution in [1.29, 1.82) is 0 Å². The number of nitrogens with zero attached hydrogens (tertiary/aromatic N) is 1. The largest absolute Gasteiger partial charge is 0.319 e. The predicted octanol–water partition coefficient (Wildman–Crippen LogP) is 3.85. The standard InChI is InChI=1S/C15H20BrClN2/c1-18-9-10-6-7-19(12-3-4-12)15(10)13-8-11(17)2-5-14(13)16/h2,5,8,10,12,15,18H,3-4,6-7,9H2,1H3. The number of nitrogens with one attached hydrogen (secondary N) is 1. The molecule has 1 saturated heterocycles. The van der Waals surface area contributed by atoms with E-state index in [-0.39, 0.29) is 0 Å². The highest BCUT2D eigenvalue weighted by Crippen LogP contribution is 2.46. The van der Waals surface area contributed by atoms with Crippen LogP contribution in [-0.4, -0.2) is 31.1 Å². The molecule has 0 amide bonds. The normalized spacial score (nSPS) is 27.9. The molecule has 2 atom stereocenters. The van der Waals surface area contributed by atoms with Crippen LogP contribution in [0.25, 0.3) is 0 Å². The summed E-state index contributed by atoms with van der Waals surface area (Å²) in [6, 6.07) is 7.49. The molecule has 1 aromatic rings. The molecule has 0 bridgehead atoms. The summed E-state index contributed by atoms with van der Waals surface area (Å²) in [7, 11) is 2.05. The van der Waals surface area contributed by atoms with Crippen molar-refractivity contribution in [3.05, 3.63) is 33.3 Å². The number of rotatable bonds is 4. The molecular weight excluding hydrogens is 324 g/mol. The van der Waals surface area contributed by atoms with Crippen LogP contribution in [0, 0.1) is 5.92 Å². The van der Waals surface area contributed by atoms with E-state index in [1.165, 1.54) is 35.8 Å². The monoisotopic (exact) mass is 342 g/mol. The Bertz CT molecular complexity index is 461. The Kier molecular flexibility index (Phi) is 4.18. The van der Waals surface area contributed by atoms with Gasteiger partial charge in [0.1, 0.15) is 0 Å². The molecule has 1 aromatic carbocycles. The zero-order chi connectivity index (χ0) is 13.4. The van der Waals surface area contributed by atoms with E-state index in [4.69, 9.17) is 11.6 Å². The van der Waals surface area contributed by atoms with E-state index in [1.807, 2.05) is 13.1 Å². The summed E-state index contributed by atoms with van der Waals surface area (Å²) >= 11 is 9.92. The van der Waals surface area contributed by atoms with Crippen molar-refractivity contribution in [1.82, 2.24) is 10.2 Å². The molecule has 2 nitrogen and oxygen atoms in total. The van der Waals surface area contributed by atoms with Crippen LogP contribution >= 0.6 is 27.5 Å². The summed E-state index contributed by atoms with van der Waals surface area (Å²) in [6.07, 6.45) is 4.00. The van der Waals surface area contributed by atoms with Crippen molar-refractivity contribution in [2.75, 3.05) is 20.1 Å². The van der Waals surface area contributed by atoms with Crippen LogP contribution in [-0.2, 0) is 0 Å². The van der Waals surface area contributed by atoms with Gasteiger partial charge >= 0.3 is 0 Å². The van der Waals surface area contributed by atoms with Gasteiger partial charge in [-0.1, -0.05) is 27.5 Å². The lowest BCUT2D eigenvalue weighted by Crippen LogP contribution is -2.31. The smallest absolute Gasteiger partial charge is 0.0410 e. The minimum absolute atomic E-state index is 0.507. The van der Waals surface area contributed by atoms with Crippen molar-refractivity contribution >= 4 is 27.5 Å². The van der Waals surface area contributed by atoms with E-state index >= 15 is 0 Å². The first-order valence-corrected chi connectivity index (χ1v) is 8.23. The van der Waals surface area contributed by atoms with E-state index in [9.17, 15) is 0 Å². The Hall–Kier alpha value is -0.0900. The maximum Gasteiger partial charge on any atom is 0.0410 e. The highest BCUT2D eigenvalue weighted by Gasteiger charge is 2.42. The van der Waals surface area contributed by atoms with Crippen molar-refractivity contribution in [3.8, 4) is 0 Å². The zero-order valence-corrected chi connectivity index (χ0v) is 13.5. The van der Waals surface area contributed by atoms with Crippen LogP contribution in [0.1, 0.15) is 30.9 Å². The van der Waals surface area contributed by atoms with Crippen LogP contribution in [0.5, 0.6) is 0 Å². The Morgan fingerprint density at radius 1 is 1.37 bits per heavy atom. The first-order chi connectivity index (χ1) is 9.20. The average Bonchev–Trinajstić information content (AvgIpc) is 3.15. The summed E-state index contributed by atoms with van der Waals surface area (Å²) in [4.78, 5) is 2.69. The van der Waals surface area contributed by atoms with Crippen LogP contribution in [0.4, 0.5) is 0 Å². The summed E-state index contributed by atoms with van der Waals surface area (Å²) in [5, 5.41) is 4.19. The molecule has 2 unspecified atom stereocenters. The highest BCUT2D eigenvalue weighted by molar-refractivity contribution is 9.10. The predicted molar refractivity (Wildman–Crippen MR) is 83.7 cm³/mol. The van der Waals surface area contributed by atoms with Gasteiger partial charge in [0.2, 0.25) is 0 Å². The van der Waals surface area contributed by atoms with E-state index in [0.717, 1.165) is 17.6 Å². The molecule has 1 heterocycles. The van der Waals surface area contributed by atoms with Gasteiger partial charge in [0, 0.05) is 21.6 Å². The third-order valence-corrected chi connectivity index (χ3v) is 5.28. The van der Waals surface area contributed by atoms with E-state index in [2.05, 4.69) is 38.3 Å². The fraction of sp³-hybridized carbons (Fsp3) is 0.600. The molecule has 104 valence electrons. The van der Waals surface area contributed by atoms with E-state index in [1.54, 1.807) is 0 Å². The second-order valence-corrected chi connectivity index (χ2v) is 6.98. The molecule has 2 aliphatic rings. The van der Waals surface area contributed by atoms with Crippen LogP contribution in [0.3, 0.4) is 0 Å². The molecule has 0 aromatic heterocycles. The van der Waals surface area contributed by atoms with Crippen LogP contribution in [0.15, 0.2) is 22.7 Å². The lowest BCUT2D eigenvalue weighted by atomic mass is 9.93. The fourth-order valence-corrected chi connectivity index (χ4v) is 4.01. The zero-order valence-electron chi connectivity index (χ0n) is 11.2. The Morgan fingerprint density at radius 3 is 2.84 bits per heavy atom. The molecule has 4 heteroatoms. The molecule has 1 aliphatic heterocycles. The van der Waals surface area contributed by atoms with Gasteiger partial charge in [-0.2, -0.15) is 0 Å². The number of likely N-dealkylation sites (tertiary alicyclic amines) is 1. The van der Waals surface area contributed by atoms with Crippen molar-refractivity contribution in [3.63, 3.8) is 0 Å². The molecule has 1 saturated carbocycles. The molecule has 19 heavy (non-hydrogen) atoms. The number of hydrogen-bond acceptors (Lipinski definition) is 2. The lowest BCUT2D eigenvalue weighted by molar-refractivity contribution is 0.216. The van der Waals surface area contributed by atoms with Gasteiger partial charge in [-0.05, 0) is 69.1 Å². The first-order valence-electron chi connectivity index (χ1n) is 7.06. The fourth-order valence-electron chi connectivity index (χ4n) is 3.35. The SMILES string of the molecule is CNCC1CCN(C2CC2)C1c1cc(Cl)ccc1Br. The highest BCUT2D eigenvalue weighted by atomic mass is 79.9. The van der Waals surface area contributed by atoms with Crippen LogP contribution in [0.2, 0.25) is 5.02 Å². The minimum Gasteiger partial charge on any atom is -0.319 e. The number of halogens is 2. The van der Waals surface area contributed by atoms with Crippen molar-refractivity contribution < 1.29 is 0 Å². The third-order valence-electron chi connectivity index (χ3n) is 4.32. The molecule has 1 aliphatic carbocycles. The molecule has 2 fully saturated rings. The van der Waals surface area contributed by atoms with Crippen molar-refractivity contribution in [2.45, 2.75) is 31.3 Å². The summed E-state index contributed by atoms with van der Waals surface area (Å²) in [5.41, 5.74) is 1.36. The molecule has 1 N–H and O–H groups in total. The van der Waals surface area contributed by atoms with Gasteiger partial charge in [-0.3, -0.25) is 4.90 Å². The number of hydrogen-bond donors (Lipinski definition) is 1.